The highest BCUT2D eigenvalue weighted by atomic mass is 32.1. The van der Waals surface area contributed by atoms with Gasteiger partial charge in [-0.05, 0) is 39.7 Å². The van der Waals surface area contributed by atoms with E-state index in [1.54, 1.807) is 6.07 Å². The minimum absolute atomic E-state index is 0.0103. The van der Waals surface area contributed by atoms with Crippen LogP contribution in [-0.2, 0) is 0 Å². The molecule has 0 aliphatic rings. The molecule has 0 aliphatic heterocycles. The van der Waals surface area contributed by atoms with Crippen LogP contribution in [0.1, 0.15) is 27.2 Å². The molecule has 1 rings (SSSR count). The molecule has 3 N–H and O–H groups in total. The molecule has 0 radical (unpaired) electrons. The molecular formula is C13H27N3OS. The topological polar surface area (TPSA) is 58.4 Å². The van der Waals surface area contributed by atoms with Gasteiger partial charge in [0.15, 0.2) is 0 Å². The van der Waals surface area contributed by atoms with Gasteiger partial charge in [0.05, 0.1) is 10.2 Å². The second-order valence-electron chi connectivity index (χ2n) is 3.43. The number of hydrogen-bond acceptors (Lipinski definition) is 5. The zero-order chi connectivity index (χ0) is 14.6. The highest BCUT2D eigenvalue weighted by Gasteiger charge is 2.04. The number of nitrogens with one attached hydrogen (secondary N) is 1. The monoisotopic (exact) mass is 273 g/mol. The number of hydrogen-bond donors (Lipinski definition) is 2. The normalized spacial score (nSPS) is 9.28. The summed E-state index contributed by atoms with van der Waals surface area (Å²) in [5.41, 5.74) is 5.16. The minimum atomic E-state index is -0.0103. The molecule has 0 aromatic heterocycles. The van der Waals surface area contributed by atoms with Gasteiger partial charge in [0, 0.05) is 6.54 Å². The maximum Gasteiger partial charge on any atom is 0.219 e. The van der Waals surface area contributed by atoms with Crippen molar-refractivity contribution in [3.63, 3.8) is 0 Å². The molecule has 18 heavy (non-hydrogen) atoms. The van der Waals surface area contributed by atoms with Crippen molar-refractivity contribution >= 4 is 17.9 Å². The van der Waals surface area contributed by atoms with Crippen molar-refractivity contribution in [1.29, 1.82) is 0 Å². The van der Waals surface area contributed by atoms with Crippen molar-refractivity contribution in [2.24, 2.45) is 5.73 Å². The van der Waals surface area contributed by atoms with Crippen LogP contribution in [0.15, 0.2) is 10.9 Å². The number of nitrogens with two attached hydrogens (primary N) is 1. The van der Waals surface area contributed by atoms with Crippen molar-refractivity contribution in [2.45, 2.75) is 27.2 Å². The molecule has 0 saturated heterocycles. The first-order valence-corrected chi connectivity index (χ1v) is 6.86. The van der Waals surface area contributed by atoms with E-state index in [1.807, 2.05) is 13.8 Å². The summed E-state index contributed by atoms with van der Waals surface area (Å²) in [6.07, 6.45) is 1.04. The van der Waals surface area contributed by atoms with Crippen LogP contribution in [-0.4, -0.2) is 38.6 Å². The lowest BCUT2D eigenvalue weighted by Crippen LogP contribution is -2.22. The molecule has 5 heteroatoms. The number of anilines is 1. The molecule has 1 aromatic rings. The van der Waals surface area contributed by atoms with Crippen molar-refractivity contribution in [2.75, 3.05) is 39.0 Å². The highest BCUT2D eigenvalue weighted by Crippen LogP contribution is 2.03. The highest BCUT2D eigenvalue weighted by molar-refractivity contribution is 7.71. The minimum Gasteiger partial charge on any atom is -0.382 e. The average Bonchev–Trinajstić information content (AvgIpc) is 2.45. The third-order valence-electron chi connectivity index (χ3n) is 2.32. The van der Waals surface area contributed by atoms with Gasteiger partial charge in [-0.15, -0.1) is 0 Å². The average molecular weight is 273 g/mol. The Hall–Kier alpha value is -0.780. The number of nitrogens with zero attached hydrogens (tertiary/aromatic N) is 1. The summed E-state index contributed by atoms with van der Waals surface area (Å²) in [7, 11) is 3.59. The molecule has 0 aliphatic carbocycles. The van der Waals surface area contributed by atoms with Crippen LogP contribution in [0.5, 0.6) is 0 Å². The molecule has 0 unspecified atom stereocenters. The van der Waals surface area contributed by atoms with Gasteiger partial charge in [-0.3, -0.25) is 4.79 Å². The van der Waals surface area contributed by atoms with Gasteiger partial charge in [0.25, 0.3) is 0 Å². The first-order valence-electron chi connectivity index (χ1n) is 6.45. The van der Waals surface area contributed by atoms with Crippen LogP contribution >= 0.6 is 12.2 Å². The van der Waals surface area contributed by atoms with Gasteiger partial charge in [0.2, 0.25) is 5.43 Å². The van der Waals surface area contributed by atoms with Crippen LogP contribution < -0.4 is 16.5 Å². The summed E-state index contributed by atoms with van der Waals surface area (Å²) >= 11 is 4.75. The second-order valence-corrected chi connectivity index (χ2v) is 3.87. The summed E-state index contributed by atoms with van der Waals surface area (Å²) in [5, 5.41) is 3.08. The predicted molar refractivity (Wildman–Crippen MR) is 83.7 cm³/mol. The van der Waals surface area contributed by atoms with Gasteiger partial charge < -0.3 is 16.0 Å². The summed E-state index contributed by atoms with van der Waals surface area (Å²) in [6, 6.07) is 1.72. The Morgan fingerprint density at radius 2 is 1.94 bits per heavy atom. The fourth-order valence-electron chi connectivity index (χ4n) is 1.18. The van der Waals surface area contributed by atoms with Crippen LogP contribution in [0, 0.1) is 4.51 Å². The summed E-state index contributed by atoms with van der Waals surface area (Å²) in [6.45, 7) is 9.08. The molecule has 1 aromatic carbocycles. The largest absolute Gasteiger partial charge is 0.382 e. The molecule has 4 nitrogen and oxygen atoms in total. The maximum atomic E-state index is 11.1. The zero-order valence-corrected chi connectivity index (χ0v) is 13.1. The lowest BCUT2D eigenvalue weighted by atomic mass is 10.2. The fourth-order valence-corrected chi connectivity index (χ4v) is 1.41. The second kappa shape index (κ2) is 12.7. The van der Waals surface area contributed by atoms with E-state index in [0.717, 1.165) is 26.1 Å². The fraction of sp³-hybridized carbons (Fsp3) is 0.692. The van der Waals surface area contributed by atoms with Crippen molar-refractivity contribution in [3.8, 4) is 0 Å². The molecule has 0 saturated carbocycles. The Kier molecular flexibility index (Phi) is 13.8. The van der Waals surface area contributed by atoms with Crippen molar-refractivity contribution in [1.82, 2.24) is 4.90 Å². The van der Waals surface area contributed by atoms with E-state index in [2.05, 4.69) is 29.9 Å². The molecule has 0 fully saturated rings. The van der Waals surface area contributed by atoms with Gasteiger partial charge in [-0.1, -0.05) is 33.0 Å². The smallest absolute Gasteiger partial charge is 0.219 e. The zero-order valence-electron chi connectivity index (χ0n) is 12.2. The van der Waals surface area contributed by atoms with Crippen molar-refractivity contribution < 1.29 is 0 Å². The summed E-state index contributed by atoms with van der Waals surface area (Å²) in [4.78, 5) is 13.3. The van der Waals surface area contributed by atoms with E-state index in [-0.39, 0.29) is 5.43 Å². The van der Waals surface area contributed by atoms with Gasteiger partial charge in [-0.2, -0.15) is 0 Å². The van der Waals surface area contributed by atoms with E-state index in [0.29, 0.717) is 10.2 Å². The van der Waals surface area contributed by atoms with Crippen LogP contribution in [0.25, 0.3) is 0 Å². The Morgan fingerprint density at radius 3 is 2.33 bits per heavy atom. The molecule has 0 amide bonds. The predicted octanol–water partition coefficient (Wildman–Crippen LogP) is 2.01. The molecular weight excluding hydrogens is 246 g/mol. The lowest BCUT2D eigenvalue weighted by Gasteiger charge is -2.14. The van der Waals surface area contributed by atoms with Gasteiger partial charge in [0.1, 0.15) is 0 Å². The van der Waals surface area contributed by atoms with Crippen molar-refractivity contribution in [3.05, 3.63) is 20.8 Å². The SMILES string of the molecule is CC.CCN(C)CCCNc1cc(=S)c1=O.CN. The standard InChI is InChI=1S/C10H16N2OS.C2H6.CH5N/c1-3-12(2)6-4-5-11-8-7-9(14)10(8)13;2*1-2/h7,11H,3-6H2,1-2H3;1-2H3;2H2,1H3. The lowest BCUT2D eigenvalue weighted by molar-refractivity contribution is 0.351. The Labute approximate surface area is 116 Å². The first-order chi connectivity index (χ1) is 8.65. The molecule has 0 heterocycles. The number of rotatable bonds is 6. The molecule has 0 atom stereocenters. The van der Waals surface area contributed by atoms with E-state index in [4.69, 9.17) is 12.2 Å². The first kappa shape index (κ1) is 19.6. The van der Waals surface area contributed by atoms with Gasteiger partial charge >= 0.3 is 0 Å². The van der Waals surface area contributed by atoms with Crippen LogP contribution in [0.3, 0.4) is 0 Å². The van der Waals surface area contributed by atoms with Crippen LogP contribution in [0.4, 0.5) is 5.69 Å². The molecule has 106 valence electrons. The molecule has 0 bridgehead atoms. The third kappa shape index (κ3) is 7.53. The Morgan fingerprint density at radius 1 is 1.39 bits per heavy atom. The third-order valence-corrected chi connectivity index (χ3v) is 2.62. The van der Waals surface area contributed by atoms with Crippen LogP contribution in [0.2, 0.25) is 0 Å². The quantitative estimate of drug-likeness (QED) is 0.613. The Bertz CT molecular complexity index is 359. The summed E-state index contributed by atoms with van der Waals surface area (Å²) in [5.74, 6) is 0. The summed E-state index contributed by atoms with van der Waals surface area (Å²) < 4.78 is 0.443. The van der Waals surface area contributed by atoms with E-state index in [1.165, 1.54) is 7.05 Å². The van der Waals surface area contributed by atoms with Gasteiger partial charge in [-0.25, -0.2) is 0 Å². The molecule has 0 spiro atoms. The maximum absolute atomic E-state index is 11.1. The van der Waals surface area contributed by atoms with E-state index < -0.39 is 0 Å². The van der Waals surface area contributed by atoms with E-state index in [9.17, 15) is 4.79 Å². The van der Waals surface area contributed by atoms with E-state index >= 15 is 0 Å². The Balaban J connectivity index is 0.